The van der Waals surface area contributed by atoms with Crippen LogP contribution in [-0.2, 0) is 0 Å². The Balaban J connectivity index is 2.29. The fourth-order valence-corrected chi connectivity index (χ4v) is 2.86. The predicted octanol–water partition coefficient (Wildman–Crippen LogP) is 3.32. The van der Waals surface area contributed by atoms with Crippen LogP contribution >= 0.6 is 0 Å². The molecule has 0 saturated carbocycles. The minimum atomic E-state index is -0.291. The summed E-state index contributed by atoms with van der Waals surface area (Å²) >= 11 is 0. The maximum atomic E-state index is 10.5. The molecule has 3 rings (SSSR count). The van der Waals surface area contributed by atoms with E-state index in [0.717, 1.165) is 11.1 Å². The van der Waals surface area contributed by atoms with Gasteiger partial charge in [-0.25, -0.2) is 0 Å². The van der Waals surface area contributed by atoms with Crippen LogP contribution in [0, 0.1) is 0 Å². The first-order chi connectivity index (χ1) is 11.1. The van der Waals surface area contributed by atoms with Crippen molar-refractivity contribution in [3.05, 3.63) is 83.4 Å². The van der Waals surface area contributed by atoms with Crippen LogP contribution in [0.4, 0.5) is 17.1 Å². The fourth-order valence-electron chi connectivity index (χ4n) is 2.86. The molecule has 0 aliphatic rings. The summed E-state index contributed by atoms with van der Waals surface area (Å²) in [4.78, 5) is 0. The van der Waals surface area contributed by atoms with Gasteiger partial charge in [0.1, 0.15) is 5.75 Å². The van der Waals surface area contributed by atoms with E-state index in [0.29, 0.717) is 22.6 Å². The number of phenols is 1. The third-order valence-corrected chi connectivity index (χ3v) is 4.02. The Labute approximate surface area is 135 Å². The van der Waals surface area contributed by atoms with Crippen molar-refractivity contribution in [1.29, 1.82) is 0 Å². The molecule has 116 valence electrons. The SMILES string of the molecule is Nc1ccccc1C(c1ccccc1N)c1cccc(N)c1O. The first kappa shape index (κ1) is 14.8. The Morgan fingerprint density at radius 2 is 1.00 bits per heavy atom. The molecule has 3 aromatic rings. The van der Waals surface area contributed by atoms with Gasteiger partial charge in [-0.3, -0.25) is 0 Å². The van der Waals surface area contributed by atoms with E-state index in [-0.39, 0.29) is 11.7 Å². The quantitative estimate of drug-likeness (QED) is 0.339. The first-order valence-corrected chi connectivity index (χ1v) is 7.35. The molecule has 7 N–H and O–H groups in total. The second kappa shape index (κ2) is 5.93. The lowest BCUT2D eigenvalue weighted by atomic mass is 9.83. The van der Waals surface area contributed by atoms with E-state index in [1.807, 2.05) is 60.7 Å². The van der Waals surface area contributed by atoms with E-state index >= 15 is 0 Å². The van der Waals surface area contributed by atoms with Gasteiger partial charge in [-0.2, -0.15) is 0 Å². The summed E-state index contributed by atoms with van der Waals surface area (Å²) in [5, 5.41) is 10.5. The zero-order chi connectivity index (χ0) is 16.4. The number of hydrogen-bond donors (Lipinski definition) is 4. The second-order valence-electron chi connectivity index (χ2n) is 5.48. The average Bonchev–Trinajstić information content (AvgIpc) is 2.55. The lowest BCUT2D eigenvalue weighted by Gasteiger charge is -2.23. The van der Waals surface area contributed by atoms with Crippen molar-refractivity contribution in [3.63, 3.8) is 0 Å². The van der Waals surface area contributed by atoms with Crippen molar-refractivity contribution in [2.45, 2.75) is 5.92 Å². The van der Waals surface area contributed by atoms with E-state index in [2.05, 4.69) is 0 Å². The molecular formula is C19H19N3O. The van der Waals surface area contributed by atoms with Crippen molar-refractivity contribution in [2.24, 2.45) is 0 Å². The molecule has 0 spiro atoms. The van der Waals surface area contributed by atoms with Crippen LogP contribution in [0.15, 0.2) is 66.7 Å². The van der Waals surface area contributed by atoms with Crippen LogP contribution in [-0.4, -0.2) is 5.11 Å². The number of benzene rings is 3. The molecule has 0 aliphatic heterocycles. The summed E-state index contributed by atoms with van der Waals surface area (Å²) in [5.41, 5.74) is 22.3. The largest absolute Gasteiger partial charge is 0.505 e. The lowest BCUT2D eigenvalue weighted by Crippen LogP contribution is -2.09. The van der Waals surface area contributed by atoms with Crippen molar-refractivity contribution in [1.82, 2.24) is 0 Å². The predicted molar refractivity (Wildman–Crippen MR) is 95.2 cm³/mol. The molecule has 0 aliphatic carbocycles. The van der Waals surface area contributed by atoms with Gasteiger partial charge in [0.2, 0.25) is 0 Å². The van der Waals surface area contributed by atoms with Gasteiger partial charge in [-0.15, -0.1) is 0 Å². The number of nitrogens with two attached hydrogens (primary N) is 3. The topological polar surface area (TPSA) is 98.3 Å². The monoisotopic (exact) mass is 305 g/mol. The van der Waals surface area contributed by atoms with Crippen LogP contribution in [0.2, 0.25) is 0 Å². The molecule has 0 heterocycles. The zero-order valence-electron chi connectivity index (χ0n) is 12.6. The molecular weight excluding hydrogens is 286 g/mol. The van der Waals surface area contributed by atoms with Crippen LogP contribution < -0.4 is 17.2 Å². The van der Waals surface area contributed by atoms with E-state index < -0.39 is 0 Å². The van der Waals surface area contributed by atoms with Crippen LogP contribution in [0.1, 0.15) is 22.6 Å². The Bertz CT molecular complexity index is 800. The molecule has 0 radical (unpaired) electrons. The van der Waals surface area contributed by atoms with E-state index in [1.54, 1.807) is 6.07 Å². The maximum Gasteiger partial charge on any atom is 0.142 e. The van der Waals surface area contributed by atoms with Crippen LogP contribution in [0.3, 0.4) is 0 Å². The van der Waals surface area contributed by atoms with E-state index in [9.17, 15) is 5.11 Å². The highest BCUT2D eigenvalue weighted by atomic mass is 16.3. The summed E-state index contributed by atoms with van der Waals surface area (Å²) in [7, 11) is 0. The third kappa shape index (κ3) is 2.66. The number of hydrogen-bond acceptors (Lipinski definition) is 4. The van der Waals surface area contributed by atoms with Gasteiger partial charge in [0.05, 0.1) is 5.69 Å². The molecule has 0 unspecified atom stereocenters. The van der Waals surface area contributed by atoms with Crippen molar-refractivity contribution < 1.29 is 5.11 Å². The number of nitrogen functional groups attached to an aromatic ring is 3. The molecule has 0 amide bonds. The second-order valence-corrected chi connectivity index (χ2v) is 5.48. The Hall–Kier alpha value is -3.14. The highest BCUT2D eigenvalue weighted by Gasteiger charge is 2.24. The molecule has 4 nitrogen and oxygen atoms in total. The summed E-state index contributed by atoms with van der Waals surface area (Å²) in [6.07, 6.45) is 0. The minimum absolute atomic E-state index is 0.0593. The van der Waals surface area contributed by atoms with Crippen LogP contribution in [0.5, 0.6) is 5.75 Å². The lowest BCUT2D eigenvalue weighted by molar-refractivity contribution is 0.470. The summed E-state index contributed by atoms with van der Waals surface area (Å²) in [5.74, 6) is -0.232. The smallest absolute Gasteiger partial charge is 0.142 e. The van der Waals surface area contributed by atoms with Gasteiger partial charge in [0.25, 0.3) is 0 Å². The van der Waals surface area contributed by atoms with Crippen molar-refractivity contribution in [2.75, 3.05) is 17.2 Å². The van der Waals surface area contributed by atoms with Gasteiger partial charge < -0.3 is 22.3 Å². The standard InChI is InChI=1S/C19H19N3O/c20-15-9-3-1-6-12(15)18(13-7-2-4-10-16(13)21)14-8-5-11-17(22)19(14)23/h1-11,18,23H,20-22H2. The molecule has 23 heavy (non-hydrogen) atoms. The highest BCUT2D eigenvalue weighted by molar-refractivity contribution is 5.66. The molecule has 3 aromatic carbocycles. The molecule has 0 bridgehead atoms. The normalized spacial score (nSPS) is 10.8. The fraction of sp³-hybridized carbons (Fsp3) is 0.0526. The molecule has 0 saturated heterocycles. The first-order valence-electron chi connectivity index (χ1n) is 7.35. The van der Waals surface area contributed by atoms with Gasteiger partial charge >= 0.3 is 0 Å². The number of anilines is 3. The number of rotatable bonds is 3. The number of para-hydroxylation sites is 3. The van der Waals surface area contributed by atoms with Crippen molar-refractivity contribution in [3.8, 4) is 5.75 Å². The maximum absolute atomic E-state index is 10.5. The van der Waals surface area contributed by atoms with E-state index in [4.69, 9.17) is 17.2 Å². The average molecular weight is 305 g/mol. The Kier molecular flexibility index (Phi) is 3.81. The summed E-state index contributed by atoms with van der Waals surface area (Å²) in [6, 6.07) is 20.5. The van der Waals surface area contributed by atoms with Gasteiger partial charge in [0, 0.05) is 22.9 Å². The Morgan fingerprint density at radius 1 is 0.565 bits per heavy atom. The number of aromatic hydroxyl groups is 1. The Morgan fingerprint density at radius 3 is 1.52 bits per heavy atom. The van der Waals surface area contributed by atoms with Gasteiger partial charge in [0.15, 0.2) is 0 Å². The summed E-state index contributed by atoms with van der Waals surface area (Å²) < 4.78 is 0. The number of phenolic OH excluding ortho intramolecular Hbond substituents is 1. The minimum Gasteiger partial charge on any atom is -0.505 e. The third-order valence-electron chi connectivity index (χ3n) is 4.02. The van der Waals surface area contributed by atoms with E-state index in [1.165, 1.54) is 0 Å². The van der Waals surface area contributed by atoms with Crippen molar-refractivity contribution >= 4 is 17.1 Å². The molecule has 4 heteroatoms. The summed E-state index contributed by atoms with van der Waals surface area (Å²) in [6.45, 7) is 0. The van der Waals surface area contributed by atoms with Crippen LogP contribution in [0.25, 0.3) is 0 Å². The zero-order valence-corrected chi connectivity index (χ0v) is 12.6. The highest BCUT2D eigenvalue weighted by Crippen LogP contribution is 2.42. The molecule has 0 aromatic heterocycles. The van der Waals surface area contributed by atoms with Gasteiger partial charge in [-0.1, -0.05) is 48.5 Å². The molecule has 0 fully saturated rings. The molecule has 0 atom stereocenters. The van der Waals surface area contributed by atoms with Gasteiger partial charge in [-0.05, 0) is 29.3 Å².